The molecular weight excluding hydrogens is 165 g/mol. The molecule has 0 aliphatic carbocycles. The van der Waals surface area contributed by atoms with Gasteiger partial charge in [-0.2, -0.15) is 0 Å². The predicted octanol–water partition coefficient (Wildman–Crippen LogP) is 2.27. The lowest BCUT2D eigenvalue weighted by atomic mass is 10.1. The Labute approximate surface area is 71.8 Å². The van der Waals surface area contributed by atoms with Crippen molar-refractivity contribution in [2.75, 3.05) is 0 Å². The zero-order chi connectivity index (χ0) is 7.56. The van der Waals surface area contributed by atoms with E-state index in [4.69, 9.17) is 5.73 Å². The van der Waals surface area contributed by atoms with Crippen LogP contribution in [-0.2, 0) is 0 Å². The smallest absolute Gasteiger partial charge is 0.123 e. The van der Waals surface area contributed by atoms with Crippen LogP contribution in [0.4, 0.5) is 4.39 Å². The molecule has 0 radical (unpaired) electrons. The molecule has 0 fully saturated rings. The third-order valence-corrected chi connectivity index (χ3v) is 1.40. The Kier molecular flexibility index (Phi) is 4.08. The monoisotopic (exact) mass is 175 g/mol. The van der Waals surface area contributed by atoms with Crippen molar-refractivity contribution in [3.8, 4) is 0 Å². The molecule has 1 aromatic carbocycles. The molecule has 1 rings (SSSR count). The normalized spacial score (nSPS) is 11.9. The van der Waals surface area contributed by atoms with E-state index < -0.39 is 0 Å². The molecule has 1 atom stereocenters. The van der Waals surface area contributed by atoms with Gasteiger partial charge in [-0.05, 0) is 24.6 Å². The van der Waals surface area contributed by atoms with Gasteiger partial charge in [0, 0.05) is 6.04 Å². The second kappa shape index (κ2) is 4.31. The summed E-state index contributed by atoms with van der Waals surface area (Å²) in [7, 11) is 0. The van der Waals surface area contributed by atoms with Crippen LogP contribution in [0.1, 0.15) is 18.5 Å². The van der Waals surface area contributed by atoms with Gasteiger partial charge in [-0.3, -0.25) is 0 Å². The molecule has 1 aromatic rings. The van der Waals surface area contributed by atoms with Crippen LogP contribution in [0.25, 0.3) is 0 Å². The van der Waals surface area contributed by atoms with Crippen LogP contribution >= 0.6 is 12.4 Å². The van der Waals surface area contributed by atoms with Gasteiger partial charge in [0.2, 0.25) is 0 Å². The summed E-state index contributed by atoms with van der Waals surface area (Å²) in [5.41, 5.74) is 6.50. The molecule has 2 N–H and O–H groups in total. The predicted molar refractivity (Wildman–Crippen MR) is 46.3 cm³/mol. The number of nitrogens with two attached hydrogens (primary N) is 1. The van der Waals surface area contributed by atoms with E-state index >= 15 is 0 Å². The second-order valence-corrected chi connectivity index (χ2v) is 2.34. The van der Waals surface area contributed by atoms with E-state index in [0.717, 1.165) is 5.56 Å². The first-order valence-corrected chi connectivity index (χ1v) is 3.21. The van der Waals surface area contributed by atoms with Crippen LogP contribution in [0.5, 0.6) is 0 Å². The Morgan fingerprint density at radius 2 is 1.73 bits per heavy atom. The first-order valence-electron chi connectivity index (χ1n) is 3.21. The van der Waals surface area contributed by atoms with Crippen molar-refractivity contribution < 1.29 is 4.39 Å². The molecule has 0 aliphatic rings. The fourth-order valence-electron chi connectivity index (χ4n) is 0.766. The summed E-state index contributed by atoms with van der Waals surface area (Å²) in [6, 6.07) is 6.21. The molecule has 1 nitrogen and oxygen atoms in total. The molecule has 0 unspecified atom stereocenters. The zero-order valence-electron chi connectivity index (χ0n) is 6.25. The van der Waals surface area contributed by atoms with Gasteiger partial charge in [0.15, 0.2) is 0 Å². The van der Waals surface area contributed by atoms with Crippen molar-refractivity contribution in [1.29, 1.82) is 0 Å². The van der Waals surface area contributed by atoms with Gasteiger partial charge in [0.25, 0.3) is 0 Å². The van der Waals surface area contributed by atoms with Gasteiger partial charge in [0.1, 0.15) is 5.82 Å². The van der Waals surface area contributed by atoms with Gasteiger partial charge in [-0.15, -0.1) is 12.4 Å². The number of hydrogen-bond donors (Lipinski definition) is 1. The maximum absolute atomic E-state index is 12.3. The standard InChI is InChI=1S/C8H10FN.ClH/c1-6(10)7-2-4-8(9)5-3-7;/h2-6H,10H2,1H3;1H/t6-;/m1./s1. The SMILES string of the molecule is C[C@@H](N)c1ccc(F)cc1.Cl. The quantitative estimate of drug-likeness (QED) is 0.696. The minimum Gasteiger partial charge on any atom is -0.324 e. The van der Waals surface area contributed by atoms with E-state index in [2.05, 4.69) is 0 Å². The average molecular weight is 176 g/mol. The van der Waals surface area contributed by atoms with E-state index in [9.17, 15) is 4.39 Å². The Bertz CT molecular complexity index is 208. The Morgan fingerprint density at radius 1 is 1.27 bits per heavy atom. The molecule has 0 amide bonds. The van der Waals surface area contributed by atoms with Gasteiger partial charge < -0.3 is 5.73 Å². The van der Waals surface area contributed by atoms with Crippen LogP contribution in [0.15, 0.2) is 24.3 Å². The molecule has 0 saturated heterocycles. The third-order valence-electron chi connectivity index (χ3n) is 1.40. The summed E-state index contributed by atoms with van der Waals surface area (Å²) in [6.07, 6.45) is 0. The number of rotatable bonds is 1. The Balaban J connectivity index is 0.000001000. The van der Waals surface area contributed by atoms with Crippen molar-refractivity contribution in [3.05, 3.63) is 35.6 Å². The maximum atomic E-state index is 12.3. The minimum absolute atomic E-state index is 0. The highest BCUT2D eigenvalue weighted by Crippen LogP contribution is 2.09. The molecule has 0 saturated carbocycles. The number of benzene rings is 1. The van der Waals surface area contributed by atoms with Crippen molar-refractivity contribution in [1.82, 2.24) is 0 Å². The van der Waals surface area contributed by atoms with Crippen molar-refractivity contribution in [3.63, 3.8) is 0 Å². The van der Waals surface area contributed by atoms with Crippen LogP contribution in [-0.4, -0.2) is 0 Å². The average Bonchev–Trinajstić information content (AvgIpc) is 1.88. The molecule has 62 valence electrons. The van der Waals surface area contributed by atoms with Gasteiger partial charge in [-0.1, -0.05) is 12.1 Å². The Hall–Kier alpha value is -0.600. The number of halogens is 2. The molecular formula is C8H11ClFN. The lowest BCUT2D eigenvalue weighted by Gasteiger charge is -2.02. The first-order chi connectivity index (χ1) is 4.70. The summed E-state index contributed by atoms with van der Waals surface area (Å²) in [5, 5.41) is 0. The molecule has 3 heteroatoms. The lowest BCUT2D eigenvalue weighted by molar-refractivity contribution is 0.626. The fourth-order valence-corrected chi connectivity index (χ4v) is 0.766. The van der Waals surface area contributed by atoms with E-state index in [-0.39, 0.29) is 24.3 Å². The lowest BCUT2D eigenvalue weighted by Crippen LogP contribution is -2.04. The summed E-state index contributed by atoms with van der Waals surface area (Å²) in [4.78, 5) is 0. The first kappa shape index (κ1) is 10.4. The summed E-state index contributed by atoms with van der Waals surface area (Å²) in [6.45, 7) is 1.87. The van der Waals surface area contributed by atoms with Crippen LogP contribution in [0.3, 0.4) is 0 Å². The number of hydrogen-bond acceptors (Lipinski definition) is 1. The highest BCUT2D eigenvalue weighted by Gasteiger charge is 1.96. The van der Waals surface area contributed by atoms with Gasteiger partial charge in [-0.25, -0.2) is 4.39 Å². The molecule has 0 aromatic heterocycles. The van der Waals surface area contributed by atoms with E-state index in [1.807, 2.05) is 6.92 Å². The largest absolute Gasteiger partial charge is 0.324 e. The molecule has 0 aliphatic heterocycles. The van der Waals surface area contributed by atoms with Crippen LogP contribution < -0.4 is 5.73 Å². The molecule has 0 bridgehead atoms. The fraction of sp³-hybridized carbons (Fsp3) is 0.250. The summed E-state index contributed by atoms with van der Waals surface area (Å²) >= 11 is 0. The molecule has 0 heterocycles. The highest BCUT2D eigenvalue weighted by atomic mass is 35.5. The van der Waals surface area contributed by atoms with E-state index in [1.165, 1.54) is 12.1 Å². The summed E-state index contributed by atoms with van der Waals surface area (Å²) in [5.74, 6) is -0.218. The van der Waals surface area contributed by atoms with Crippen LogP contribution in [0.2, 0.25) is 0 Å². The molecule has 11 heavy (non-hydrogen) atoms. The zero-order valence-corrected chi connectivity index (χ0v) is 7.07. The highest BCUT2D eigenvalue weighted by molar-refractivity contribution is 5.85. The topological polar surface area (TPSA) is 26.0 Å². The second-order valence-electron chi connectivity index (χ2n) is 2.34. The van der Waals surface area contributed by atoms with Gasteiger partial charge in [0.05, 0.1) is 0 Å². The third kappa shape index (κ3) is 2.87. The maximum Gasteiger partial charge on any atom is 0.123 e. The van der Waals surface area contributed by atoms with Crippen molar-refractivity contribution >= 4 is 12.4 Å². The van der Waals surface area contributed by atoms with E-state index in [0.29, 0.717) is 0 Å². The van der Waals surface area contributed by atoms with Gasteiger partial charge >= 0.3 is 0 Å². The summed E-state index contributed by atoms with van der Waals surface area (Å²) < 4.78 is 12.3. The van der Waals surface area contributed by atoms with Crippen molar-refractivity contribution in [2.24, 2.45) is 5.73 Å². The van der Waals surface area contributed by atoms with Crippen molar-refractivity contribution in [2.45, 2.75) is 13.0 Å². The Morgan fingerprint density at radius 3 is 2.09 bits per heavy atom. The van der Waals surface area contributed by atoms with E-state index in [1.54, 1.807) is 12.1 Å². The minimum atomic E-state index is -0.218. The van der Waals surface area contributed by atoms with Crippen LogP contribution in [0, 0.1) is 5.82 Å². The molecule has 0 spiro atoms.